The van der Waals surface area contributed by atoms with Crippen molar-refractivity contribution < 1.29 is 9.13 Å². The Balaban J connectivity index is 2.07. The summed E-state index contributed by atoms with van der Waals surface area (Å²) in [5.41, 5.74) is 0.191. The van der Waals surface area contributed by atoms with Gasteiger partial charge < -0.3 is 10.1 Å². The second-order valence-electron chi connectivity index (χ2n) is 5.87. The van der Waals surface area contributed by atoms with Crippen molar-refractivity contribution in [1.29, 1.82) is 0 Å². The molecule has 21 heavy (non-hydrogen) atoms. The molecule has 0 saturated heterocycles. The van der Waals surface area contributed by atoms with Gasteiger partial charge in [0.1, 0.15) is 17.7 Å². The maximum atomic E-state index is 13.3. The predicted molar refractivity (Wildman–Crippen MR) is 88.2 cm³/mol. The van der Waals surface area contributed by atoms with Gasteiger partial charge in [0.2, 0.25) is 0 Å². The zero-order valence-electron chi connectivity index (χ0n) is 13.1. The summed E-state index contributed by atoms with van der Waals surface area (Å²) >= 11 is 3.22. The average molecular weight is 358 g/mol. The van der Waals surface area contributed by atoms with Gasteiger partial charge >= 0.3 is 0 Å². The molecule has 2 atom stereocenters. The van der Waals surface area contributed by atoms with E-state index in [1.54, 1.807) is 12.1 Å². The largest absolute Gasteiger partial charge is 0.490 e. The molecule has 0 amide bonds. The van der Waals surface area contributed by atoms with Crippen LogP contribution in [-0.4, -0.2) is 18.7 Å². The molecule has 2 nitrogen and oxygen atoms in total. The fourth-order valence-corrected chi connectivity index (χ4v) is 3.79. The fraction of sp³-hybridized carbons (Fsp3) is 0.647. The van der Waals surface area contributed by atoms with Crippen LogP contribution in [0.15, 0.2) is 22.7 Å². The molecule has 1 aromatic rings. The van der Waals surface area contributed by atoms with E-state index in [1.165, 1.54) is 6.07 Å². The quantitative estimate of drug-likeness (QED) is 0.748. The van der Waals surface area contributed by atoms with Gasteiger partial charge in [0, 0.05) is 17.9 Å². The van der Waals surface area contributed by atoms with Crippen LogP contribution >= 0.6 is 15.9 Å². The molecule has 2 unspecified atom stereocenters. The normalized spacial score (nSPS) is 23.7. The molecular formula is C17H25BrFNO. The summed E-state index contributed by atoms with van der Waals surface area (Å²) < 4.78 is 19.9. The Hall–Kier alpha value is -0.610. The van der Waals surface area contributed by atoms with Gasteiger partial charge in [-0.3, -0.25) is 0 Å². The summed E-state index contributed by atoms with van der Waals surface area (Å²) in [6, 6.07) is 5.41. The minimum absolute atomic E-state index is 0.191. The molecule has 1 aliphatic carbocycles. The smallest absolute Gasteiger partial charge is 0.137 e. The SMILES string of the molecule is CCCNC1CC(Oc2ccc(F)c(Br)c2)C1(CC)CC. The molecule has 1 N–H and O–H groups in total. The van der Waals surface area contributed by atoms with E-state index in [0.717, 1.165) is 38.0 Å². The van der Waals surface area contributed by atoms with Gasteiger partial charge in [0.05, 0.1) is 4.47 Å². The first-order chi connectivity index (χ1) is 10.1. The van der Waals surface area contributed by atoms with Gasteiger partial charge in [0.25, 0.3) is 0 Å². The summed E-state index contributed by atoms with van der Waals surface area (Å²) in [5.74, 6) is 0.490. The first kappa shape index (κ1) is 16.8. The highest BCUT2D eigenvalue weighted by Gasteiger charge is 2.53. The Morgan fingerprint density at radius 3 is 2.62 bits per heavy atom. The third-order valence-corrected chi connectivity index (χ3v) is 5.52. The van der Waals surface area contributed by atoms with Gasteiger partial charge in [-0.1, -0.05) is 20.8 Å². The lowest BCUT2D eigenvalue weighted by molar-refractivity contribution is -0.0858. The number of rotatable bonds is 7. The van der Waals surface area contributed by atoms with Crippen LogP contribution in [0.3, 0.4) is 0 Å². The molecule has 0 heterocycles. The van der Waals surface area contributed by atoms with E-state index in [2.05, 4.69) is 42.0 Å². The van der Waals surface area contributed by atoms with E-state index < -0.39 is 0 Å². The van der Waals surface area contributed by atoms with Crippen LogP contribution < -0.4 is 10.1 Å². The first-order valence-electron chi connectivity index (χ1n) is 7.92. The lowest BCUT2D eigenvalue weighted by Crippen LogP contribution is -2.64. The Labute approximate surface area is 135 Å². The zero-order chi connectivity index (χ0) is 15.5. The van der Waals surface area contributed by atoms with Crippen molar-refractivity contribution in [2.45, 2.75) is 58.6 Å². The predicted octanol–water partition coefficient (Wildman–Crippen LogP) is 4.91. The maximum absolute atomic E-state index is 13.3. The van der Waals surface area contributed by atoms with Crippen molar-refractivity contribution >= 4 is 15.9 Å². The van der Waals surface area contributed by atoms with Gasteiger partial charge in [-0.25, -0.2) is 4.39 Å². The van der Waals surface area contributed by atoms with Crippen molar-refractivity contribution in [3.8, 4) is 5.75 Å². The summed E-state index contributed by atoms with van der Waals surface area (Å²) in [7, 11) is 0. The van der Waals surface area contributed by atoms with E-state index in [4.69, 9.17) is 4.74 Å². The van der Waals surface area contributed by atoms with Crippen LogP contribution in [0, 0.1) is 11.2 Å². The fourth-order valence-electron chi connectivity index (χ4n) is 3.43. The Morgan fingerprint density at radius 1 is 1.33 bits per heavy atom. The molecule has 0 radical (unpaired) electrons. The molecule has 0 spiro atoms. The van der Waals surface area contributed by atoms with Crippen LogP contribution in [-0.2, 0) is 0 Å². The number of benzene rings is 1. The van der Waals surface area contributed by atoms with Gasteiger partial charge in [-0.15, -0.1) is 0 Å². The number of hydrogen-bond acceptors (Lipinski definition) is 2. The van der Waals surface area contributed by atoms with Crippen molar-refractivity contribution in [3.05, 3.63) is 28.5 Å². The summed E-state index contributed by atoms with van der Waals surface area (Å²) in [6.07, 6.45) is 4.57. The van der Waals surface area contributed by atoms with E-state index in [0.29, 0.717) is 10.5 Å². The summed E-state index contributed by atoms with van der Waals surface area (Å²) in [5, 5.41) is 3.65. The average Bonchev–Trinajstić information content (AvgIpc) is 2.47. The van der Waals surface area contributed by atoms with Gasteiger partial charge in [-0.05, 0) is 59.9 Å². The molecule has 0 bridgehead atoms. The lowest BCUT2D eigenvalue weighted by atomic mass is 9.58. The summed E-state index contributed by atoms with van der Waals surface area (Å²) in [6.45, 7) is 7.72. The molecule has 1 aromatic carbocycles. The Kier molecular flexibility index (Phi) is 5.67. The number of hydrogen-bond donors (Lipinski definition) is 1. The standard InChI is InChI=1S/C17H25BrFNO/c1-4-9-20-15-11-16(17(15,5-2)6-3)21-12-7-8-14(19)13(18)10-12/h7-8,10,15-16,20H,4-6,9,11H2,1-3H3. The maximum Gasteiger partial charge on any atom is 0.137 e. The van der Waals surface area contributed by atoms with E-state index in [9.17, 15) is 4.39 Å². The molecule has 4 heteroatoms. The number of halogens is 2. The van der Waals surface area contributed by atoms with Crippen LogP contribution in [0.25, 0.3) is 0 Å². The topological polar surface area (TPSA) is 21.3 Å². The van der Waals surface area contributed by atoms with Gasteiger partial charge in [-0.2, -0.15) is 0 Å². The minimum Gasteiger partial charge on any atom is -0.490 e. The monoisotopic (exact) mass is 357 g/mol. The van der Waals surface area contributed by atoms with Crippen molar-refractivity contribution in [2.24, 2.45) is 5.41 Å². The number of nitrogens with one attached hydrogen (secondary N) is 1. The molecule has 2 rings (SSSR count). The molecule has 118 valence electrons. The zero-order valence-corrected chi connectivity index (χ0v) is 14.7. The second-order valence-corrected chi connectivity index (χ2v) is 6.72. The lowest BCUT2D eigenvalue weighted by Gasteiger charge is -2.55. The van der Waals surface area contributed by atoms with E-state index in [-0.39, 0.29) is 17.3 Å². The number of ether oxygens (including phenoxy) is 1. The highest BCUT2D eigenvalue weighted by Crippen LogP contribution is 2.49. The van der Waals surface area contributed by atoms with Crippen LogP contribution in [0.5, 0.6) is 5.75 Å². The highest BCUT2D eigenvalue weighted by atomic mass is 79.9. The van der Waals surface area contributed by atoms with Crippen LogP contribution in [0.4, 0.5) is 4.39 Å². The van der Waals surface area contributed by atoms with Crippen LogP contribution in [0.1, 0.15) is 46.5 Å². The third-order valence-electron chi connectivity index (χ3n) is 4.91. The molecule has 1 fully saturated rings. The van der Waals surface area contributed by atoms with Crippen molar-refractivity contribution in [2.75, 3.05) is 6.54 Å². The Morgan fingerprint density at radius 2 is 2.05 bits per heavy atom. The Bertz CT molecular complexity index is 476. The van der Waals surface area contributed by atoms with Crippen molar-refractivity contribution in [3.63, 3.8) is 0 Å². The molecule has 1 saturated carbocycles. The third kappa shape index (κ3) is 3.26. The highest BCUT2D eigenvalue weighted by molar-refractivity contribution is 9.10. The second kappa shape index (κ2) is 7.10. The van der Waals surface area contributed by atoms with Gasteiger partial charge in [0.15, 0.2) is 0 Å². The molecule has 0 aromatic heterocycles. The van der Waals surface area contributed by atoms with E-state index >= 15 is 0 Å². The molecule has 1 aliphatic rings. The van der Waals surface area contributed by atoms with Crippen molar-refractivity contribution in [1.82, 2.24) is 5.32 Å². The van der Waals surface area contributed by atoms with Crippen LogP contribution in [0.2, 0.25) is 0 Å². The molecule has 0 aliphatic heterocycles. The minimum atomic E-state index is -0.254. The van der Waals surface area contributed by atoms with E-state index in [1.807, 2.05) is 0 Å². The summed E-state index contributed by atoms with van der Waals surface area (Å²) in [4.78, 5) is 0. The molecular weight excluding hydrogens is 333 g/mol. The first-order valence-corrected chi connectivity index (χ1v) is 8.71.